The van der Waals surface area contributed by atoms with E-state index < -0.39 is 48.4 Å². The van der Waals surface area contributed by atoms with Crippen LogP contribution in [0.5, 0.6) is 0 Å². The molecule has 0 saturated carbocycles. The Hall–Kier alpha value is -1.52. The van der Waals surface area contributed by atoms with Crippen LogP contribution in [0.4, 0.5) is 0 Å². The molecular formula is C10H14N2O7. The van der Waals surface area contributed by atoms with E-state index in [0.717, 1.165) is 12.1 Å². The molecule has 1 aliphatic rings. The van der Waals surface area contributed by atoms with Crippen LogP contribution in [0.25, 0.3) is 0 Å². The van der Waals surface area contributed by atoms with Crippen molar-refractivity contribution < 1.29 is 25.2 Å². The molecule has 106 valence electrons. The summed E-state index contributed by atoms with van der Waals surface area (Å²) in [7, 11) is 0. The number of aliphatic hydroxyl groups excluding tert-OH is 4. The molecule has 0 aromatic carbocycles. The van der Waals surface area contributed by atoms with E-state index in [0.29, 0.717) is 4.68 Å². The van der Waals surface area contributed by atoms with Crippen molar-refractivity contribution in [2.75, 3.05) is 6.61 Å². The average molecular weight is 274 g/mol. The van der Waals surface area contributed by atoms with E-state index in [9.17, 15) is 24.9 Å². The van der Waals surface area contributed by atoms with Crippen molar-refractivity contribution in [2.45, 2.75) is 30.6 Å². The van der Waals surface area contributed by atoms with Gasteiger partial charge < -0.3 is 25.2 Å². The minimum absolute atomic E-state index is 0.600. The van der Waals surface area contributed by atoms with Crippen molar-refractivity contribution in [3.8, 4) is 0 Å². The molecule has 1 aromatic heterocycles. The summed E-state index contributed by atoms with van der Waals surface area (Å²) < 4.78 is 5.83. The molecule has 19 heavy (non-hydrogen) atoms. The van der Waals surface area contributed by atoms with Crippen LogP contribution in [0.2, 0.25) is 0 Å². The van der Waals surface area contributed by atoms with Crippen LogP contribution in [0, 0.1) is 0 Å². The maximum Gasteiger partial charge on any atom is 0.267 e. The number of rotatable bonds is 2. The lowest BCUT2D eigenvalue weighted by Gasteiger charge is -2.40. The fraction of sp³-hybridized carbons (Fsp3) is 0.600. The zero-order valence-electron chi connectivity index (χ0n) is 9.71. The maximum absolute atomic E-state index is 11.6. The molecule has 5 unspecified atom stereocenters. The Balaban J connectivity index is 2.40. The Labute approximate surface area is 106 Å². The molecule has 2 rings (SSSR count). The Bertz CT molecular complexity index is 551. The van der Waals surface area contributed by atoms with Gasteiger partial charge in [-0.2, -0.15) is 0 Å². The lowest BCUT2D eigenvalue weighted by molar-refractivity contribution is -0.255. The standard InChI is InChI=1S/C10H14N2O7/c13-3-4-7(16)8(17)9(18)10(19-4)12-6(15)2-1-5(14)11-12/h1-2,4,7-10,13,16-18H,3H2,(H,11,14). The molecule has 5 N–H and O–H groups in total. The Kier molecular flexibility index (Phi) is 3.83. The summed E-state index contributed by atoms with van der Waals surface area (Å²) in [6.45, 7) is -0.618. The van der Waals surface area contributed by atoms with Crippen LogP contribution in [0.3, 0.4) is 0 Å². The van der Waals surface area contributed by atoms with Gasteiger partial charge in [0.15, 0.2) is 6.23 Å². The number of hydrogen-bond donors (Lipinski definition) is 5. The summed E-state index contributed by atoms with van der Waals surface area (Å²) >= 11 is 0. The number of aliphatic hydroxyl groups is 4. The fourth-order valence-electron chi connectivity index (χ4n) is 1.92. The number of H-pyrrole nitrogens is 1. The second-order valence-electron chi connectivity index (χ2n) is 4.24. The van der Waals surface area contributed by atoms with Gasteiger partial charge in [0.25, 0.3) is 11.1 Å². The van der Waals surface area contributed by atoms with Crippen LogP contribution in [-0.4, -0.2) is 61.2 Å². The monoisotopic (exact) mass is 274 g/mol. The lowest BCUT2D eigenvalue weighted by atomic mass is 9.98. The highest BCUT2D eigenvalue weighted by Crippen LogP contribution is 2.26. The van der Waals surface area contributed by atoms with Gasteiger partial charge in [-0.05, 0) is 0 Å². The van der Waals surface area contributed by atoms with E-state index in [1.165, 1.54) is 0 Å². The summed E-state index contributed by atoms with van der Waals surface area (Å²) in [4.78, 5) is 22.8. The molecule has 1 aliphatic heterocycles. The van der Waals surface area contributed by atoms with Gasteiger partial charge >= 0.3 is 0 Å². The Morgan fingerprint density at radius 1 is 1.16 bits per heavy atom. The second-order valence-corrected chi connectivity index (χ2v) is 4.24. The highest BCUT2D eigenvalue weighted by atomic mass is 16.6. The SMILES string of the molecule is O=c1ccc(=O)n(C2OC(CO)C(O)C(O)C2O)[nH]1. The number of nitrogens with zero attached hydrogens (tertiary/aromatic N) is 1. The van der Waals surface area contributed by atoms with Crippen LogP contribution < -0.4 is 11.1 Å². The zero-order valence-corrected chi connectivity index (χ0v) is 9.71. The molecule has 1 aromatic rings. The first-order valence-electron chi connectivity index (χ1n) is 5.58. The zero-order chi connectivity index (χ0) is 14.2. The van der Waals surface area contributed by atoms with Gasteiger partial charge in [-0.3, -0.25) is 14.7 Å². The van der Waals surface area contributed by atoms with Gasteiger partial charge in [-0.1, -0.05) is 0 Å². The molecule has 0 spiro atoms. The molecule has 0 bridgehead atoms. The predicted molar refractivity (Wildman–Crippen MR) is 60.3 cm³/mol. The summed E-state index contributed by atoms with van der Waals surface area (Å²) in [6, 6.07) is 1.98. The van der Waals surface area contributed by atoms with Gasteiger partial charge in [-0.15, -0.1) is 0 Å². The lowest BCUT2D eigenvalue weighted by Crippen LogP contribution is -2.58. The number of hydrogen-bond acceptors (Lipinski definition) is 7. The van der Waals surface area contributed by atoms with E-state index >= 15 is 0 Å². The molecule has 0 radical (unpaired) electrons. The van der Waals surface area contributed by atoms with E-state index in [-0.39, 0.29) is 0 Å². The quantitative estimate of drug-likeness (QED) is 0.376. The van der Waals surface area contributed by atoms with E-state index in [2.05, 4.69) is 5.10 Å². The molecular weight excluding hydrogens is 260 g/mol. The fourth-order valence-corrected chi connectivity index (χ4v) is 1.92. The summed E-state index contributed by atoms with van der Waals surface area (Å²) in [5, 5.41) is 40.1. The molecule has 9 heteroatoms. The number of ether oxygens (including phenoxy) is 1. The summed E-state index contributed by atoms with van der Waals surface area (Å²) in [5.74, 6) is 0. The average Bonchev–Trinajstić information content (AvgIpc) is 2.40. The normalized spacial score (nSPS) is 35.3. The van der Waals surface area contributed by atoms with Gasteiger partial charge in [0.2, 0.25) is 0 Å². The minimum atomic E-state index is -1.63. The molecule has 1 saturated heterocycles. The minimum Gasteiger partial charge on any atom is -0.394 e. The van der Waals surface area contributed by atoms with Crippen molar-refractivity contribution in [1.29, 1.82) is 0 Å². The molecule has 9 nitrogen and oxygen atoms in total. The molecule has 0 amide bonds. The molecule has 2 heterocycles. The number of aromatic nitrogens is 2. The number of aromatic amines is 1. The van der Waals surface area contributed by atoms with Crippen molar-refractivity contribution >= 4 is 0 Å². The first kappa shape index (κ1) is 13.9. The third-order valence-electron chi connectivity index (χ3n) is 2.97. The first-order valence-corrected chi connectivity index (χ1v) is 5.58. The Morgan fingerprint density at radius 2 is 1.84 bits per heavy atom. The van der Waals surface area contributed by atoms with Gasteiger partial charge in [0.1, 0.15) is 24.4 Å². The van der Waals surface area contributed by atoms with Crippen LogP contribution in [0.15, 0.2) is 21.7 Å². The van der Waals surface area contributed by atoms with Crippen molar-refractivity contribution in [1.82, 2.24) is 9.78 Å². The topological polar surface area (TPSA) is 145 Å². The summed E-state index contributed by atoms with van der Waals surface area (Å²) in [5.41, 5.74) is -1.26. The van der Waals surface area contributed by atoms with E-state index in [1.807, 2.05) is 0 Å². The highest BCUT2D eigenvalue weighted by molar-refractivity contribution is 4.93. The number of nitrogens with one attached hydrogen (secondary N) is 1. The third-order valence-corrected chi connectivity index (χ3v) is 2.97. The second kappa shape index (κ2) is 5.23. The van der Waals surface area contributed by atoms with Crippen molar-refractivity contribution in [3.05, 3.63) is 32.8 Å². The van der Waals surface area contributed by atoms with Gasteiger partial charge in [0, 0.05) is 12.1 Å². The Morgan fingerprint density at radius 3 is 2.47 bits per heavy atom. The summed E-state index contributed by atoms with van der Waals surface area (Å²) in [6.07, 6.45) is -7.33. The van der Waals surface area contributed by atoms with E-state index in [4.69, 9.17) is 9.84 Å². The van der Waals surface area contributed by atoms with Crippen molar-refractivity contribution in [3.63, 3.8) is 0 Å². The molecule has 0 aliphatic carbocycles. The maximum atomic E-state index is 11.6. The first-order chi connectivity index (χ1) is 8.95. The van der Waals surface area contributed by atoms with Crippen LogP contribution >= 0.6 is 0 Å². The largest absolute Gasteiger partial charge is 0.394 e. The smallest absolute Gasteiger partial charge is 0.267 e. The van der Waals surface area contributed by atoms with Crippen molar-refractivity contribution in [2.24, 2.45) is 0 Å². The predicted octanol–water partition coefficient (Wildman–Crippen LogP) is -3.49. The van der Waals surface area contributed by atoms with Crippen LogP contribution in [0.1, 0.15) is 6.23 Å². The van der Waals surface area contributed by atoms with E-state index in [1.54, 1.807) is 0 Å². The van der Waals surface area contributed by atoms with Gasteiger partial charge in [0.05, 0.1) is 6.61 Å². The molecule has 5 atom stereocenters. The highest BCUT2D eigenvalue weighted by Gasteiger charge is 2.44. The van der Waals surface area contributed by atoms with Gasteiger partial charge in [-0.25, -0.2) is 4.68 Å². The van der Waals surface area contributed by atoms with Crippen LogP contribution in [-0.2, 0) is 4.74 Å². The third kappa shape index (κ3) is 2.46. The molecule has 1 fully saturated rings.